The standard InChI is InChI=1S/C31H34N2/c1-25(33-31(29-20-12-5-13-21-29)23-27-16-8-3-9-17-27)24-32-30(28-18-10-4-11-19-28)22-26-14-6-2-7-15-26/h2-21,25,30-33H,22-24H2,1H3. The van der Waals surface area contributed by atoms with E-state index in [4.69, 9.17) is 0 Å². The Bertz CT molecular complexity index is 1050. The lowest BCUT2D eigenvalue weighted by Gasteiger charge is -2.27. The van der Waals surface area contributed by atoms with Crippen LogP contribution in [0.4, 0.5) is 0 Å². The Hall–Kier alpha value is -3.20. The Morgan fingerprint density at radius 2 is 0.909 bits per heavy atom. The highest BCUT2D eigenvalue weighted by Crippen LogP contribution is 2.21. The number of rotatable bonds is 11. The molecule has 3 atom stereocenters. The molecular weight excluding hydrogens is 400 g/mol. The van der Waals surface area contributed by atoms with Gasteiger partial charge in [-0.1, -0.05) is 121 Å². The Morgan fingerprint density at radius 1 is 0.515 bits per heavy atom. The molecule has 2 N–H and O–H groups in total. The normalized spacial score (nSPS) is 13.8. The molecule has 0 saturated heterocycles. The quantitative estimate of drug-likeness (QED) is 0.281. The fourth-order valence-corrected chi connectivity index (χ4v) is 4.37. The minimum Gasteiger partial charge on any atom is -0.308 e. The number of hydrogen-bond donors (Lipinski definition) is 2. The van der Waals surface area contributed by atoms with Crippen LogP contribution in [0.15, 0.2) is 121 Å². The van der Waals surface area contributed by atoms with Crippen molar-refractivity contribution in [1.82, 2.24) is 10.6 Å². The van der Waals surface area contributed by atoms with Crippen molar-refractivity contribution < 1.29 is 0 Å². The van der Waals surface area contributed by atoms with Gasteiger partial charge >= 0.3 is 0 Å². The van der Waals surface area contributed by atoms with Gasteiger partial charge < -0.3 is 10.6 Å². The van der Waals surface area contributed by atoms with Crippen molar-refractivity contribution in [1.29, 1.82) is 0 Å². The summed E-state index contributed by atoms with van der Waals surface area (Å²) in [7, 11) is 0. The van der Waals surface area contributed by atoms with E-state index in [0.717, 1.165) is 19.4 Å². The van der Waals surface area contributed by atoms with Gasteiger partial charge in [-0.2, -0.15) is 0 Å². The highest BCUT2D eigenvalue weighted by molar-refractivity contribution is 5.25. The minimum atomic E-state index is 0.273. The summed E-state index contributed by atoms with van der Waals surface area (Å²) < 4.78 is 0. The smallest absolute Gasteiger partial charge is 0.0363 e. The molecule has 0 bridgehead atoms. The molecule has 4 aromatic carbocycles. The van der Waals surface area contributed by atoms with Crippen molar-refractivity contribution in [3.63, 3.8) is 0 Å². The lowest BCUT2D eigenvalue weighted by atomic mass is 9.97. The molecular formula is C31H34N2. The molecule has 2 heteroatoms. The summed E-state index contributed by atoms with van der Waals surface area (Å²) in [6, 6.07) is 43.9. The fourth-order valence-electron chi connectivity index (χ4n) is 4.37. The van der Waals surface area contributed by atoms with Crippen molar-refractivity contribution in [2.75, 3.05) is 6.54 Å². The van der Waals surface area contributed by atoms with Gasteiger partial charge in [0.25, 0.3) is 0 Å². The summed E-state index contributed by atoms with van der Waals surface area (Å²) in [4.78, 5) is 0. The third-order valence-electron chi connectivity index (χ3n) is 6.13. The molecule has 0 heterocycles. The molecule has 2 nitrogen and oxygen atoms in total. The summed E-state index contributed by atoms with van der Waals surface area (Å²) >= 11 is 0. The van der Waals surface area contributed by atoms with Crippen molar-refractivity contribution in [2.45, 2.75) is 37.9 Å². The van der Waals surface area contributed by atoms with Gasteiger partial charge in [0.05, 0.1) is 0 Å². The first-order valence-electron chi connectivity index (χ1n) is 11.9. The van der Waals surface area contributed by atoms with E-state index in [1.165, 1.54) is 22.3 Å². The SMILES string of the molecule is CC(CNC(Cc1ccccc1)c1ccccc1)NC(Cc1ccccc1)c1ccccc1. The second kappa shape index (κ2) is 12.2. The zero-order chi connectivity index (χ0) is 22.7. The molecule has 33 heavy (non-hydrogen) atoms. The van der Waals surface area contributed by atoms with Crippen LogP contribution in [0.25, 0.3) is 0 Å². The van der Waals surface area contributed by atoms with Crippen LogP contribution in [0.1, 0.15) is 41.3 Å². The van der Waals surface area contributed by atoms with Gasteiger partial charge in [0, 0.05) is 24.7 Å². The molecule has 0 fully saturated rings. The van der Waals surface area contributed by atoms with Gasteiger partial charge in [0.2, 0.25) is 0 Å². The summed E-state index contributed by atoms with van der Waals surface area (Å²) in [6.07, 6.45) is 1.95. The zero-order valence-electron chi connectivity index (χ0n) is 19.4. The molecule has 0 radical (unpaired) electrons. The number of nitrogens with one attached hydrogen (secondary N) is 2. The molecule has 168 valence electrons. The van der Waals surface area contributed by atoms with Crippen LogP contribution in [-0.2, 0) is 12.8 Å². The monoisotopic (exact) mass is 434 g/mol. The maximum absolute atomic E-state index is 3.89. The topological polar surface area (TPSA) is 24.1 Å². The first-order valence-corrected chi connectivity index (χ1v) is 11.9. The Balaban J connectivity index is 1.43. The van der Waals surface area contributed by atoms with E-state index in [-0.39, 0.29) is 12.1 Å². The molecule has 0 aliphatic rings. The van der Waals surface area contributed by atoms with Gasteiger partial charge in [-0.05, 0) is 42.0 Å². The lowest BCUT2D eigenvalue weighted by molar-refractivity contribution is 0.407. The van der Waals surface area contributed by atoms with Gasteiger partial charge in [0.1, 0.15) is 0 Å². The molecule has 0 amide bonds. The van der Waals surface area contributed by atoms with Crippen molar-refractivity contribution in [2.24, 2.45) is 0 Å². The van der Waals surface area contributed by atoms with Crippen LogP contribution < -0.4 is 10.6 Å². The second-order valence-corrected chi connectivity index (χ2v) is 8.78. The first-order chi connectivity index (χ1) is 16.3. The molecule has 0 aromatic heterocycles. The summed E-state index contributed by atoms with van der Waals surface area (Å²) in [5.41, 5.74) is 5.37. The molecule has 4 aromatic rings. The maximum atomic E-state index is 3.89. The van der Waals surface area contributed by atoms with Crippen LogP contribution in [0.2, 0.25) is 0 Å². The number of hydrogen-bond acceptors (Lipinski definition) is 2. The average Bonchev–Trinajstić information content (AvgIpc) is 2.88. The Labute approximate surface area is 198 Å². The highest BCUT2D eigenvalue weighted by Gasteiger charge is 2.17. The molecule has 3 unspecified atom stereocenters. The van der Waals surface area contributed by atoms with E-state index >= 15 is 0 Å². The molecule has 0 saturated carbocycles. The van der Waals surface area contributed by atoms with Crippen molar-refractivity contribution >= 4 is 0 Å². The van der Waals surface area contributed by atoms with E-state index in [9.17, 15) is 0 Å². The third kappa shape index (κ3) is 7.15. The summed E-state index contributed by atoms with van der Waals surface area (Å²) in [6.45, 7) is 3.17. The van der Waals surface area contributed by atoms with Crippen LogP contribution in [-0.4, -0.2) is 12.6 Å². The van der Waals surface area contributed by atoms with Gasteiger partial charge in [-0.3, -0.25) is 0 Å². The van der Waals surface area contributed by atoms with E-state index < -0.39 is 0 Å². The number of benzene rings is 4. The lowest BCUT2D eigenvalue weighted by Crippen LogP contribution is -2.40. The van der Waals surface area contributed by atoms with Gasteiger partial charge in [-0.15, -0.1) is 0 Å². The Kier molecular flexibility index (Phi) is 8.46. The molecule has 0 aliphatic carbocycles. The molecule has 0 spiro atoms. The molecule has 0 aliphatic heterocycles. The zero-order valence-corrected chi connectivity index (χ0v) is 19.4. The van der Waals surface area contributed by atoms with Crippen LogP contribution in [0.5, 0.6) is 0 Å². The first kappa shape index (κ1) is 23.0. The van der Waals surface area contributed by atoms with E-state index in [1.54, 1.807) is 0 Å². The van der Waals surface area contributed by atoms with Crippen molar-refractivity contribution in [3.8, 4) is 0 Å². The summed E-state index contributed by atoms with van der Waals surface area (Å²) in [5, 5.41) is 7.73. The van der Waals surface area contributed by atoms with Crippen LogP contribution >= 0.6 is 0 Å². The third-order valence-corrected chi connectivity index (χ3v) is 6.13. The minimum absolute atomic E-state index is 0.273. The summed E-state index contributed by atoms with van der Waals surface area (Å²) in [5.74, 6) is 0. The predicted octanol–water partition coefficient (Wildman–Crippen LogP) is 6.52. The largest absolute Gasteiger partial charge is 0.308 e. The highest BCUT2D eigenvalue weighted by atomic mass is 15.0. The van der Waals surface area contributed by atoms with Gasteiger partial charge in [-0.25, -0.2) is 0 Å². The van der Waals surface area contributed by atoms with Crippen LogP contribution in [0, 0.1) is 0 Å². The average molecular weight is 435 g/mol. The molecule has 4 rings (SSSR count). The van der Waals surface area contributed by atoms with Crippen molar-refractivity contribution in [3.05, 3.63) is 144 Å². The fraction of sp³-hybridized carbons (Fsp3) is 0.226. The van der Waals surface area contributed by atoms with E-state index in [2.05, 4.69) is 139 Å². The second-order valence-electron chi connectivity index (χ2n) is 8.78. The Morgan fingerprint density at radius 3 is 1.39 bits per heavy atom. The predicted molar refractivity (Wildman–Crippen MR) is 139 cm³/mol. The van der Waals surface area contributed by atoms with E-state index in [1.807, 2.05) is 0 Å². The maximum Gasteiger partial charge on any atom is 0.0363 e. The van der Waals surface area contributed by atoms with E-state index in [0.29, 0.717) is 6.04 Å². The van der Waals surface area contributed by atoms with Crippen LogP contribution in [0.3, 0.4) is 0 Å². The van der Waals surface area contributed by atoms with Gasteiger partial charge in [0.15, 0.2) is 0 Å².